The van der Waals surface area contributed by atoms with Gasteiger partial charge in [-0.3, -0.25) is 4.79 Å². The molecule has 3 aromatic rings. The summed E-state index contributed by atoms with van der Waals surface area (Å²) in [7, 11) is 0. The molecule has 1 amide bonds. The Morgan fingerprint density at radius 2 is 1.82 bits per heavy atom. The van der Waals surface area contributed by atoms with Crippen LogP contribution in [0, 0.1) is 5.92 Å². The minimum Gasteiger partial charge on any atom is -0.475 e. The monoisotopic (exact) mass is 376 g/mol. The number of rotatable bonds is 5. The van der Waals surface area contributed by atoms with Gasteiger partial charge in [-0.1, -0.05) is 30.3 Å². The average molecular weight is 376 g/mol. The van der Waals surface area contributed by atoms with Crippen LogP contribution in [-0.4, -0.2) is 35.6 Å². The Morgan fingerprint density at radius 1 is 1.11 bits per heavy atom. The quantitative estimate of drug-likeness (QED) is 0.732. The number of fused-ring (bicyclic) bond motifs is 1. The summed E-state index contributed by atoms with van der Waals surface area (Å²) in [6.45, 7) is 3.90. The average Bonchev–Trinajstić information content (AvgIpc) is 2.74. The number of nitrogens with one attached hydrogen (secondary N) is 1. The fraction of sp³-hybridized carbons (Fsp3) is 0.318. The van der Waals surface area contributed by atoms with E-state index in [9.17, 15) is 4.79 Å². The van der Waals surface area contributed by atoms with E-state index in [1.165, 1.54) is 0 Å². The normalized spacial score (nSPS) is 16.8. The number of hydrogen-bond acceptors (Lipinski definition) is 5. The first kappa shape index (κ1) is 18.2. The van der Waals surface area contributed by atoms with Crippen molar-refractivity contribution in [1.29, 1.82) is 0 Å². The highest BCUT2D eigenvalue weighted by atomic mass is 16.5. The van der Waals surface area contributed by atoms with Gasteiger partial charge in [0.2, 0.25) is 5.91 Å². The minimum absolute atomic E-state index is 0.0441. The molecule has 1 aliphatic heterocycles. The molecule has 0 spiro atoms. The van der Waals surface area contributed by atoms with Gasteiger partial charge in [-0.15, -0.1) is 0 Å². The van der Waals surface area contributed by atoms with Gasteiger partial charge in [0, 0.05) is 18.8 Å². The first-order chi connectivity index (χ1) is 13.7. The summed E-state index contributed by atoms with van der Waals surface area (Å²) in [5.74, 6) is 1.20. The molecule has 2 aromatic carbocycles. The van der Waals surface area contributed by atoms with E-state index in [0.717, 1.165) is 41.9 Å². The maximum absolute atomic E-state index is 12.8. The van der Waals surface area contributed by atoms with Crippen molar-refractivity contribution in [3.05, 3.63) is 54.6 Å². The maximum Gasteiger partial charge on any atom is 0.258 e. The first-order valence-corrected chi connectivity index (χ1v) is 9.75. The van der Waals surface area contributed by atoms with Crippen LogP contribution in [0.1, 0.15) is 19.8 Å². The number of benzene rings is 2. The molecule has 6 nitrogen and oxygen atoms in total. The fourth-order valence-corrected chi connectivity index (χ4v) is 3.56. The van der Waals surface area contributed by atoms with Crippen LogP contribution < -0.4 is 15.0 Å². The van der Waals surface area contributed by atoms with Gasteiger partial charge in [0.05, 0.1) is 23.6 Å². The van der Waals surface area contributed by atoms with E-state index in [1.807, 2.05) is 61.5 Å². The standard InChI is InChI=1S/C22H24N4O2/c1-2-28-22-20(24-18-12-6-7-13-19(18)25-22)26-14-8-9-16(15-26)21(27)23-17-10-4-3-5-11-17/h3-7,10-13,16H,2,8-9,14-15H2,1H3,(H,23,27)/t16-/m0/s1. The van der Waals surface area contributed by atoms with Crippen LogP contribution in [0.4, 0.5) is 11.5 Å². The highest BCUT2D eigenvalue weighted by Crippen LogP contribution is 2.31. The van der Waals surface area contributed by atoms with E-state index in [4.69, 9.17) is 9.72 Å². The second-order valence-electron chi connectivity index (χ2n) is 6.91. The third-order valence-corrected chi connectivity index (χ3v) is 4.94. The number of amides is 1. The predicted molar refractivity (Wildman–Crippen MR) is 111 cm³/mol. The van der Waals surface area contributed by atoms with Crippen molar-refractivity contribution >= 4 is 28.4 Å². The van der Waals surface area contributed by atoms with Gasteiger partial charge in [-0.05, 0) is 44.0 Å². The lowest BCUT2D eigenvalue weighted by atomic mass is 9.97. The Balaban J connectivity index is 1.57. The number of carbonyl (C=O) groups excluding carboxylic acids is 1. The molecule has 1 fully saturated rings. The molecular weight excluding hydrogens is 352 g/mol. The number of para-hydroxylation sites is 3. The number of anilines is 2. The number of piperidine rings is 1. The highest BCUT2D eigenvalue weighted by Gasteiger charge is 2.29. The van der Waals surface area contributed by atoms with E-state index in [0.29, 0.717) is 19.0 Å². The minimum atomic E-state index is -0.100. The van der Waals surface area contributed by atoms with Crippen LogP contribution in [0.25, 0.3) is 11.0 Å². The van der Waals surface area contributed by atoms with Crippen LogP contribution in [0.15, 0.2) is 54.6 Å². The zero-order valence-corrected chi connectivity index (χ0v) is 16.0. The molecule has 1 aromatic heterocycles. The maximum atomic E-state index is 12.8. The van der Waals surface area contributed by atoms with Crippen molar-refractivity contribution in [2.75, 3.05) is 29.9 Å². The second-order valence-corrected chi connectivity index (χ2v) is 6.91. The first-order valence-electron chi connectivity index (χ1n) is 9.75. The molecule has 144 valence electrons. The van der Waals surface area contributed by atoms with Crippen molar-refractivity contribution in [2.45, 2.75) is 19.8 Å². The Hall–Kier alpha value is -3.15. The summed E-state index contributed by atoms with van der Waals surface area (Å²) < 4.78 is 5.77. The summed E-state index contributed by atoms with van der Waals surface area (Å²) in [6, 6.07) is 17.4. The molecule has 1 aliphatic rings. The summed E-state index contributed by atoms with van der Waals surface area (Å²) >= 11 is 0. The summed E-state index contributed by atoms with van der Waals surface area (Å²) in [5, 5.41) is 3.02. The zero-order chi connectivity index (χ0) is 19.3. The molecule has 1 N–H and O–H groups in total. The van der Waals surface area contributed by atoms with Crippen LogP contribution in [0.2, 0.25) is 0 Å². The van der Waals surface area contributed by atoms with Gasteiger partial charge < -0.3 is 15.0 Å². The number of nitrogens with zero attached hydrogens (tertiary/aromatic N) is 3. The molecule has 6 heteroatoms. The van der Waals surface area contributed by atoms with E-state index in [1.54, 1.807) is 0 Å². The largest absolute Gasteiger partial charge is 0.475 e. The van der Waals surface area contributed by atoms with Gasteiger partial charge in [0.1, 0.15) is 0 Å². The molecule has 2 heterocycles. The summed E-state index contributed by atoms with van der Waals surface area (Å²) in [4.78, 5) is 24.3. The highest BCUT2D eigenvalue weighted by molar-refractivity contribution is 5.93. The van der Waals surface area contributed by atoms with E-state index < -0.39 is 0 Å². The number of carbonyl (C=O) groups is 1. The van der Waals surface area contributed by atoms with Crippen molar-refractivity contribution in [2.24, 2.45) is 5.92 Å². The molecule has 0 bridgehead atoms. The van der Waals surface area contributed by atoms with Crippen molar-refractivity contribution in [3.8, 4) is 5.88 Å². The summed E-state index contributed by atoms with van der Waals surface area (Å²) in [5.41, 5.74) is 2.46. The van der Waals surface area contributed by atoms with Gasteiger partial charge in [0.25, 0.3) is 5.88 Å². The molecule has 0 saturated carbocycles. The van der Waals surface area contributed by atoms with Gasteiger partial charge in [0.15, 0.2) is 5.82 Å². The van der Waals surface area contributed by atoms with Crippen molar-refractivity contribution in [1.82, 2.24) is 9.97 Å². The molecule has 1 atom stereocenters. The van der Waals surface area contributed by atoms with Crippen LogP contribution in [0.3, 0.4) is 0 Å². The molecule has 0 unspecified atom stereocenters. The van der Waals surface area contributed by atoms with Crippen LogP contribution in [0.5, 0.6) is 5.88 Å². The van der Waals surface area contributed by atoms with E-state index in [-0.39, 0.29) is 11.8 Å². The SMILES string of the molecule is CCOc1nc2ccccc2nc1N1CCC[C@H](C(=O)Nc2ccccc2)C1. The Morgan fingerprint density at radius 3 is 2.57 bits per heavy atom. The third kappa shape index (κ3) is 3.91. The van der Waals surface area contributed by atoms with E-state index >= 15 is 0 Å². The van der Waals surface area contributed by atoms with Gasteiger partial charge >= 0.3 is 0 Å². The molecule has 0 radical (unpaired) electrons. The fourth-order valence-electron chi connectivity index (χ4n) is 3.56. The zero-order valence-electron chi connectivity index (χ0n) is 16.0. The number of hydrogen-bond donors (Lipinski definition) is 1. The molecule has 1 saturated heterocycles. The lowest BCUT2D eigenvalue weighted by Crippen LogP contribution is -2.41. The Bertz CT molecular complexity index is 961. The third-order valence-electron chi connectivity index (χ3n) is 4.94. The molecule has 4 rings (SSSR count). The Kier molecular flexibility index (Phi) is 5.37. The summed E-state index contributed by atoms with van der Waals surface area (Å²) in [6.07, 6.45) is 1.78. The van der Waals surface area contributed by atoms with Crippen molar-refractivity contribution in [3.63, 3.8) is 0 Å². The van der Waals surface area contributed by atoms with Crippen molar-refractivity contribution < 1.29 is 9.53 Å². The molecular formula is C22H24N4O2. The Labute approximate surface area is 164 Å². The van der Waals surface area contributed by atoms with Crippen LogP contribution in [-0.2, 0) is 4.79 Å². The smallest absolute Gasteiger partial charge is 0.258 e. The van der Waals surface area contributed by atoms with Crippen LogP contribution >= 0.6 is 0 Å². The lowest BCUT2D eigenvalue weighted by Gasteiger charge is -2.33. The van der Waals surface area contributed by atoms with Gasteiger partial charge in [-0.2, -0.15) is 0 Å². The number of ether oxygens (including phenoxy) is 1. The van der Waals surface area contributed by atoms with E-state index in [2.05, 4.69) is 15.2 Å². The topological polar surface area (TPSA) is 67.4 Å². The predicted octanol–water partition coefficient (Wildman–Crippen LogP) is 3.88. The second kappa shape index (κ2) is 8.25. The molecule has 0 aliphatic carbocycles. The number of aromatic nitrogens is 2. The lowest BCUT2D eigenvalue weighted by molar-refractivity contribution is -0.120. The molecule has 28 heavy (non-hydrogen) atoms. The van der Waals surface area contributed by atoms with Gasteiger partial charge in [-0.25, -0.2) is 9.97 Å².